The molecule has 0 saturated carbocycles. The second-order valence-electron chi connectivity index (χ2n) is 7.90. The van der Waals surface area contributed by atoms with E-state index < -0.39 is 0 Å². The zero-order valence-electron chi connectivity index (χ0n) is 17.5. The van der Waals surface area contributed by atoms with Crippen molar-refractivity contribution in [3.63, 3.8) is 0 Å². The van der Waals surface area contributed by atoms with E-state index in [9.17, 15) is 0 Å². The zero-order chi connectivity index (χ0) is 20.1. The molecule has 5 heteroatoms. The lowest BCUT2D eigenvalue weighted by atomic mass is 9.85. The maximum Gasteiger partial charge on any atom is 0.169 e. The number of nitrogens with zero attached hydrogens (tertiary/aromatic N) is 1. The number of fused-ring (bicyclic) bond motifs is 7. The lowest BCUT2D eigenvalue weighted by Crippen LogP contribution is -2.35. The summed E-state index contributed by atoms with van der Waals surface area (Å²) in [4.78, 5) is 2.63. The first-order valence-corrected chi connectivity index (χ1v) is 10.2. The number of rotatable bonds is 4. The molecule has 0 N–H and O–H groups in total. The third-order valence-corrected chi connectivity index (χ3v) is 6.65. The Bertz CT molecular complexity index is 1090. The van der Waals surface area contributed by atoms with E-state index in [-0.39, 0.29) is 0 Å². The van der Waals surface area contributed by atoms with Gasteiger partial charge >= 0.3 is 0 Å². The summed E-state index contributed by atoms with van der Waals surface area (Å²) in [6.07, 6.45) is 3.63. The van der Waals surface area contributed by atoms with Crippen LogP contribution in [0.4, 0.5) is 0 Å². The number of hydrogen-bond donors (Lipinski definition) is 0. The quantitative estimate of drug-likeness (QED) is 0.608. The van der Waals surface area contributed by atoms with Crippen molar-refractivity contribution in [3.05, 3.63) is 35.4 Å². The van der Waals surface area contributed by atoms with Crippen LogP contribution in [0.5, 0.6) is 23.0 Å². The normalized spacial score (nSPS) is 18.6. The molecule has 5 rings (SSSR count). The summed E-state index contributed by atoms with van der Waals surface area (Å²) in [5.41, 5.74) is 2.84. The Kier molecular flexibility index (Phi) is 4.43. The van der Waals surface area contributed by atoms with Crippen LogP contribution in [0.15, 0.2) is 24.3 Å². The van der Waals surface area contributed by atoms with E-state index >= 15 is 0 Å². The smallest absolute Gasteiger partial charge is 0.169 e. The fourth-order valence-corrected chi connectivity index (χ4v) is 5.29. The molecule has 0 aliphatic carbocycles. The van der Waals surface area contributed by atoms with Gasteiger partial charge < -0.3 is 18.9 Å². The van der Waals surface area contributed by atoms with Gasteiger partial charge in [-0.15, -0.1) is 0 Å². The van der Waals surface area contributed by atoms with Gasteiger partial charge in [0.2, 0.25) is 0 Å². The minimum absolute atomic E-state index is 0.636. The average molecular weight is 393 g/mol. The van der Waals surface area contributed by atoms with Gasteiger partial charge in [-0.2, -0.15) is 0 Å². The van der Waals surface area contributed by atoms with Gasteiger partial charge in [0.1, 0.15) is 0 Å². The molecule has 0 aromatic heterocycles. The Morgan fingerprint density at radius 3 is 2.21 bits per heavy atom. The standard InChI is InChI=1S/C24H27NO4/c1-26-20-8-7-15-16-10-14-6-5-9-25(14)13-19(16)17-11-21(27-2)22(28-3)12-18(17)23(15)24(20)29-4/h7-8,11-12,14H,5-6,9-10,13H2,1-4H3/t14-/m1/s1. The molecule has 0 unspecified atom stereocenters. The molecule has 2 aliphatic rings. The van der Waals surface area contributed by atoms with E-state index in [1.54, 1.807) is 28.4 Å². The van der Waals surface area contributed by atoms with Crippen LogP contribution in [-0.4, -0.2) is 45.9 Å². The lowest BCUT2D eigenvalue weighted by Gasteiger charge is -2.34. The number of benzene rings is 3. The fourth-order valence-electron chi connectivity index (χ4n) is 5.29. The first-order valence-electron chi connectivity index (χ1n) is 10.2. The summed E-state index contributed by atoms with van der Waals surface area (Å²) in [6, 6.07) is 9.05. The van der Waals surface area contributed by atoms with Crippen LogP contribution in [0.2, 0.25) is 0 Å². The first kappa shape index (κ1) is 18.4. The van der Waals surface area contributed by atoms with Crippen molar-refractivity contribution >= 4 is 21.5 Å². The van der Waals surface area contributed by atoms with Crippen molar-refractivity contribution in [2.24, 2.45) is 0 Å². The van der Waals surface area contributed by atoms with Crippen LogP contribution in [0.1, 0.15) is 24.0 Å². The van der Waals surface area contributed by atoms with E-state index in [1.165, 1.54) is 41.3 Å². The Labute approximate surface area is 171 Å². The number of hydrogen-bond acceptors (Lipinski definition) is 5. The van der Waals surface area contributed by atoms with Crippen molar-refractivity contribution in [2.75, 3.05) is 35.0 Å². The maximum atomic E-state index is 5.86. The van der Waals surface area contributed by atoms with Crippen molar-refractivity contribution in [3.8, 4) is 23.0 Å². The van der Waals surface area contributed by atoms with Crippen LogP contribution in [-0.2, 0) is 13.0 Å². The monoisotopic (exact) mass is 393 g/mol. The highest BCUT2D eigenvalue weighted by Gasteiger charge is 2.33. The van der Waals surface area contributed by atoms with Gasteiger partial charge in [-0.05, 0) is 71.3 Å². The number of methoxy groups -OCH3 is 4. The number of ether oxygens (including phenoxy) is 4. The van der Waals surface area contributed by atoms with Crippen LogP contribution in [0.25, 0.3) is 21.5 Å². The molecule has 0 spiro atoms. The molecule has 3 aromatic rings. The van der Waals surface area contributed by atoms with Gasteiger partial charge in [0.25, 0.3) is 0 Å². The zero-order valence-corrected chi connectivity index (χ0v) is 17.5. The Morgan fingerprint density at radius 1 is 0.793 bits per heavy atom. The molecule has 1 saturated heterocycles. The average Bonchev–Trinajstić information content (AvgIpc) is 3.23. The minimum atomic E-state index is 0.636. The predicted molar refractivity (Wildman–Crippen MR) is 115 cm³/mol. The second-order valence-corrected chi connectivity index (χ2v) is 7.90. The summed E-state index contributed by atoms with van der Waals surface area (Å²) in [7, 11) is 6.76. The van der Waals surface area contributed by atoms with Gasteiger partial charge in [-0.1, -0.05) is 6.07 Å². The van der Waals surface area contributed by atoms with Crippen molar-refractivity contribution < 1.29 is 18.9 Å². The molecule has 2 heterocycles. The van der Waals surface area contributed by atoms with Crippen LogP contribution in [0.3, 0.4) is 0 Å². The molecule has 0 amide bonds. The molecule has 152 valence electrons. The molecule has 3 aromatic carbocycles. The highest BCUT2D eigenvalue weighted by molar-refractivity contribution is 6.15. The van der Waals surface area contributed by atoms with E-state index in [4.69, 9.17) is 18.9 Å². The van der Waals surface area contributed by atoms with Crippen molar-refractivity contribution in [2.45, 2.75) is 31.8 Å². The topological polar surface area (TPSA) is 40.2 Å². The van der Waals surface area contributed by atoms with Crippen molar-refractivity contribution in [1.82, 2.24) is 4.90 Å². The van der Waals surface area contributed by atoms with Gasteiger partial charge in [-0.3, -0.25) is 4.90 Å². The molecular weight excluding hydrogens is 366 g/mol. The molecule has 0 radical (unpaired) electrons. The summed E-state index contributed by atoms with van der Waals surface area (Å²) in [5.74, 6) is 3.00. The van der Waals surface area contributed by atoms with Crippen LogP contribution in [0, 0.1) is 0 Å². The SMILES string of the molecule is COc1cc2c3c(c4ccc(OC)c(OC)c4c2cc1OC)C[C@H]1CCCN1C3. The summed E-state index contributed by atoms with van der Waals surface area (Å²) in [6.45, 7) is 2.17. The third kappa shape index (κ3) is 2.64. The summed E-state index contributed by atoms with van der Waals surface area (Å²) in [5, 5.41) is 4.67. The Hall–Kier alpha value is -2.66. The maximum absolute atomic E-state index is 5.86. The van der Waals surface area contributed by atoms with E-state index in [2.05, 4.69) is 23.1 Å². The van der Waals surface area contributed by atoms with Gasteiger partial charge in [0.15, 0.2) is 23.0 Å². The third-order valence-electron chi connectivity index (χ3n) is 6.65. The van der Waals surface area contributed by atoms with E-state index in [0.717, 1.165) is 46.7 Å². The van der Waals surface area contributed by atoms with Crippen LogP contribution >= 0.6 is 0 Å². The molecule has 1 atom stereocenters. The molecular formula is C24H27NO4. The summed E-state index contributed by atoms with van der Waals surface area (Å²) < 4.78 is 22.7. The summed E-state index contributed by atoms with van der Waals surface area (Å²) >= 11 is 0. The minimum Gasteiger partial charge on any atom is -0.493 e. The highest BCUT2D eigenvalue weighted by Crippen LogP contribution is 2.48. The molecule has 1 fully saturated rings. The second kappa shape index (κ2) is 6.99. The largest absolute Gasteiger partial charge is 0.493 e. The Morgan fingerprint density at radius 2 is 1.52 bits per heavy atom. The van der Waals surface area contributed by atoms with Gasteiger partial charge in [0.05, 0.1) is 28.4 Å². The molecule has 29 heavy (non-hydrogen) atoms. The van der Waals surface area contributed by atoms with Gasteiger partial charge in [0, 0.05) is 18.0 Å². The fraction of sp³-hybridized carbons (Fsp3) is 0.417. The molecule has 5 nitrogen and oxygen atoms in total. The Balaban J connectivity index is 1.94. The van der Waals surface area contributed by atoms with Gasteiger partial charge in [-0.25, -0.2) is 0 Å². The highest BCUT2D eigenvalue weighted by atomic mass is 16.5. The molecule has 2 aliphatic heterocycles. The van der Waals surface area contributed by atoms with Crippen LogP contribution < -0.4 is 18.9 Å². The van der Waals surface area contributed by atoms with E-state index in [1.807, 2.05) is 6.07 Å². The predicted octanol–water partition coefficient (Wildman–Crippen LogP) is 4.55. The van der Waals surface area contributed by atoms with Crippen molar-refractivity contribution in [1.29, 1.82) is 0 Å². The lowest BCUT2D eigenvalue weighted by molar-refractivity contribution is 0.229. The molecule has 0 bridgehead atoms. The first-order chi connectivity index (χ1) is 14.2. The van der Waals surface area contributed by atoms with E-state index in [0.29, 0.717) is 6.04 Å².